The molecule has 1 aromatic heterocycles. The van der Waals surface area contributed by atoms with E-state index >= 15 is 0 Å². The quantitative estimate of drug-likeness (QED) is 0.899. The first kappa shape index (κ1) is 11.5. The van der Waals surface area contributed by atoms with Gasteiger partial charge in [-0.2, -0.15) is 15.0 Å². The Kier molecular flexibility index (Phi) is 3.09. The molecular formula is C11H14Cl2N4. The minimum absolute atomic E-state index is 0.147. The van der Waals surface area contributed by atoms with E-state index in [1.807, 2.05) is 0 Å². The zero-order valence-electron chi connectivity index (χ0n) is 9.37. The summed E-state index contributed by atoms with van der Waals surface area (Å²) in [5.74, 6) is 2.12. The van der Waals surface area contributed by atoms with Crippen molar-refractivity contribution in [2.75, 3.05) is 5.32 Å². The molecule has 92 valence electrons. The summed E-state index contributed by atoms with van der Waals surface area (Å²) in [6.45, 7) is 0. The fourth-order valence-electron chi connectivity index (χ4n) is 3.11. The Morgan fingerprint density at radius 3 is 2.12 bits per heavy atom. The van der Waals surface area contributed by atoms with E-state index in [0.717, 1.165) is 11.8 Å². The molecule has 0 aliphatic heterocycles. The highest BCUT2D eigenvalue weighted by Gasteiger charge is 2.35. The summed E-state index contributed by atoms with van der Waals surface area (Å²) in [4.78, 5) is 11.9. The molecule has 17 heavy (non-hydrogen) atoms. The van der Waals surface area contributed by atoms with Crippen molar-refractivity contribution in [2.24, 2.45) is 11.8 Å². The van der Waals surface area contributed by atoms with Crippen molar-refractivity contribution in [3.8, 4) is 0 Å². The molecule has 3 aliphatic carbocycles. The first-order valence-corrected chi connectivity index (χ1v) is 6.80. The number of nitrogens with zero attached hydrogens (tertiary/aromatic N) is 3. The molecule has 0 spiro atoms. The lowest BCUT2D eigenvalue weighted by atomic mass is 9.68. The number of nitrogens with one attached hydrogen (secondary N) is 1. The van der Waals surface area contributed by atoms with Gasteiger partial charge in [-0.3, -0.25) is 0 Å². The Morgan fingerprint density at radius 2 is 1.59 bits per heavy atom. The molecule has 0 saturated heterocycles. The number of anilines is 1. The topological polar surface area (TPSA) is 50.7 Å². The van der Waals surface area contributed by atoms with E-state index < -0.39 is 0 Å². The third-order valence-corrected chi connectivity index (χ3v) is 4.28. The molecule has 1 aromatic rings. The van der Waals surface area contributed by atoms with Gasteiger partial charge in [-0.25, -0.2) is 0 Å². The zero-order chi connectivity index (χ0) is 11.8. The minimum Gasteiger partial charge on any atom is -0.351 e. The van der Waals surface area contributed by atoms with E-state index in [1.54, 1.807) is 0 Å². The Hall–Kier alpha value is -0.610. The van der Waals surface area contributed by atoms with E-state index in [2.05, 4.69) is 20.3 Å². The van der Waals surface area contributed by atoms with E-state index in [-0.39, 0.29) is 10.6 Å². The van der Waals surface area contributed by atoms with Crippen LogP contribution < -0.4 is 5.32 Å². The van der Waals surface area contributed by atoms with Crippen LogP contribution in [0.4, 0.5) is 5.95 Å². The molecule has 4 nitrogen and oxygen atoms in total. The van der Waals surface area contributed by atoms with E-state index in [4.69, 9.17) is 23.2 Å². The van der Waals surface area contributed by atoms with Gasteiger partial charge in [0.25, 0.3) is 0 Å². The van der Waals surface area contributed by atoms with Gasteiger partial charge in [-0.1, -0.05) is 12.8 Å². The Morgan fingerprint density at radius 1 is 0.941 bits per heavy atom. The molecule has 3 saturated carbocycles. The van der Waals surface area contributed by atoms with E-state index in [0.29, 0.717) is 12.0 Å². The molecule has 1 atom stereocenters. The zero-order valence-corrected chi connectivity index (χ0v) is 10.9. The number of aromatic nitrogens is 3. The number of rotatable bonds is 2. The Labute approximate surface area is 110 Å². The van der Waals surface area contributed by atoms with Gasteiger partial charge >= 0.3 is 0 Å². The lowest BCUT2D eigenvalue weighted by molar-refractivity contribution is 0.157. The summed E-state index contributed by atoms with van der Waals surface area (Å²) in [5, 5.41) is 3.66. The number of fused-ring (bicyclic) bond motifs is 3. The van der Waals surface area contributed by atoms with E-state index in [9.17, 15) is 0 Å². The monoisotopic (exact) mass is 272 g/mol. The highest BCUT2D eigenvalue weighted by Crippen LogP contribution is 2.42. The molecule has 0 radical (unpaired) electrons. The van der Waals surface area contributed by atoms with Crippen molar-refractivity contribution in [1.82, 2.24) is 15.0 Å². The fourth-order valence-corrected chi connectivity index (χ4v) is 3.47. The van der Waals surface area contributed by atoms with Crippen molar-refractivity contribution in [3.05, 3.63) is 10.6 Å². The molecule has 4 rings (SSSR count). The SMILES string of the molecule is Clc1nc(Cl)nc(N[C@H]2CC3CCC2CC3)n1. The summed E-state index contributed by atoms with van der Waals surface area (Å²) in [6, 6.07) is 0.469. The largest absolute Gasteiger partial charge is 0.351 e. The molecule has 6 heteroatoms. The van der Waals surface area contributed by atoms with Crippen LogP contribution in [0.2, 0.25) is 10.6 Å². The second kappa shape index (κ2) is 4.58. The average molecular weight is 273 g/mol. The van der Waals surface area contributed by atoms with Gasteiger partial charge in [0.05, 0.1) is 0 Å². The number of halogens is 2. The predicted octanol–water partition coefficient (Wildman–Crippen LogP) is 3.17. The average Bonchev–Trinajstić information content (AvgIpc) is 2.29. The lowest BCUT2D eigenvalue weighted by Crippen LogP contribution is -2.40. The van der Waals surface area contributed by atoms with Crippen molar-refractivity contribution >= 4 is 29.2 Å². The standard InChI is InChI=1S/C11H14Cl2N4/c12-9-15-10(13)17-11(16-9)14-8-5-6-1-3-7(8)4-2-6/h6-8H,1-5H2,(H,14,15,16,17)/t6?,7?,8-/m0/s1. The summed E-state index contributed by atoms with van der Waals surface area (Å²) in [5.41, 5.74) is 0. The summed E-state index contributed by atoms with van der Waals surface area (Å²) in [6.07, 6.45) is 6.60. The normalized spacial score (nSPS) is 31.5. The van der Waals surface area contributed by atoms with Crippen LogP contribution in [0.15, 0.2) is 0 Å². The molecule has 1 heterocycles. The Balaban J connectivity index is 1.74. The molecule has 0 unspecified atom stereocenters. The van der Waals surface area contributed by atoms with Gasteiger partial charge in [-0.15, -0.1) is 0 Å². The summed E-state index contributed by atoms with van der Waals surface area (Å²) in [7, 11) is 0. The van der Waals surface area contributed by atoms with Crippen molar-refractivity contribution in [3.63, 3.8) is 0 Å². The third-order valence-electron chi connectivity index (χ3n) is 3.94. The van der Waals surface area contributed by atoms with E-state index in [1.165, 1.54) is 32.1 Å². The Bertz CT molecular complexity index is 398. The minimum atomic E-state index is 0.147. The molecule has 3 aliphatic rings. The first-order valence-electron chi connectivity index (χ1n) is 6.04. The van der Waals surface area contributed by atoms with Crippen molar-refractivity contribution in [1.29, 1.82) is 0 Å². The van der Waals surface area contributed by atoms with Gasteiger partial charge in [0.2, 0.25) is 16.5 Å². The highest BCUT2D eigenvalue weighted by atomic mass is 35.5. The highest BCUT2D eigenvalue weighted by molar-refractivity contribution is 6.31. The van der Waals surface area contributed by atoms with Crippen LogP contribution in [-0.2, 0) is 0 Å². The number of hydrogen-bond donors (Lipinski definition) is 1. The maximum absolute atomic E-state index is 5.76. The second-order valence-electron chi connectivity index (χ2n) is 4.96. The summed E-state index contributed by atoms with van der Waals surface area (Å²) < 4.78 is 0. The summed E-state index contributed by atoms with van der Waals surface area (Å²) >= 11 is 11.5. The van der Waals surface area contributed by atoms with Gasteiger partial charge in [0, 0.05) is 6.04 Å². The van der Waals surface area contributed by atoms with Crippen LogP contribution in [0.5, 0.6) is 0 Å². The molecule has 0 aromatic carbocycles. The molecule has 0 amide bonds. The fraction of sp³-hybridized carbons (Fsp3) is 0.727. The van der Waals surface area contributed by atoms with Crippen molar-refractivity contribution in [2.45, 2.75) is 38.1 Å². The molecule has 1 N–H and O–H groups in total. The van der Waals surface area contributed by atoms with Gasteiger partial charge in [-0.05, 0) is 54.3 Å². The second-order valence-corrected chi connectivity index (χ2v) is 5.64. The van der Waals surface area contributed by atoms with Gasteiger partial charge < -0.3 is 5.32 Å². The molecule has 2 bridgehead atoms. The number of hydrogen-bond acceptors (Lipinski definition) is 4. The van der Waals surface area contributed by atoms with Crippen LogP contribution >= 0.6 is 23.2 Å². The maximum atomic E-state index is 5.76. The molecular weight excluding hydrogens is 259 g/mol. The predicted molar refractivity (Wildman–Crippen MR) is 67.3 cm³/mol. The van der Waals surface area contributed by atoms with Gasteiger partial charge in [0.15, 0.2) is 0 Å². The van der Waals surface area contributed by atoms with Crippen LogP contribution in [0.3, 0.4) is 0 Å². The molecule has 3 fully saturated rings. The van der Waals surface area contributed by atoms with Crippen LogP contribution in [-0.4, -0.2) is 21.0 Å². The third kappa shape index (κ3) is 2.47. The lowest BCUT2D eigenvalue weighted by Gasteiger charge is -2.42. The first-order chi connectivity index (χ1) is 8.20. The smallest absolute Gasteiger partial charge is 0.228 e. The van der Waals surface area contributed by atoms with Gasteiger partial charge in [0.1, 0.15) is 0 Å². The van der Waals surface area contributed by atoms with Crippen LogP contribution in [0.1, 0.15) is 32.1 Å². The maximum Gasteiger partial charge on any atom is 0.228 e. The van der Waals surface area contributed by atoms with Crippen molar-refractivity contribution < 1.29 is 0 Å². The van der Waals surface area contributed by atoms with Crippen LogP contribution in [0, 0.1) is 11.8 Å². The van der Waals surface area contributed by atoms with Crippen LogP contribution in [0.25, 0.3) is 0 Å².